The number of hydrogen-bond acceptors (Lipinski definition) is 3. The first kappa shape index (κ1) is 18.7. The zero-order chi connectivity index (χ0) is 16.8. The van der Waals surface area contributed by atoms with Crippen LogP contribution < -0.4 is 11.3 Å². The molecule has 0 fully saturated rings. The molecule has 0 aliphatic rings. The Morgan fingerprint density at radius 3 is 2.68 bits per heavy atom. The van der Waals surface area contributed by atoms with Crippen LogP contribution in [0.3, 0.4) is 0 Å². The molecule has 1 amide bonds. The summed E-state index contributed by atoms with van der Waals surface area (Å²) in [6, 6.07) is 7.68. The van der Waals surface area contributed by atoms with Gasteiger partial charge in [0.15, 0.2) is 0 Å². The number of carbonyl (C=O) groups excluding carboxylic acids is 1. The van der Waals surface area contributed by atoms with Gasteiger partial charge in [0.1, 0.15) is 5.60 Å². The second-order valence-corrected chi connectivity index (χ2v) is 6.84. The predicted molar refractivity (Wildman–Crippen MR) is 91.9 cm³/mol. The van der Waals surface area contributed by atoms with Crippen LogP contribution in [0.5, 0.6) is 0 Å². The highest BCUT2D eigenvalue weighted by atomic mass is 79.9. The minimum absolute atomic E-state index is 0.221. The molecule has 0 saturated carbocycles. The predicted octanol–water partition coefficient (Wildman–Crippen LogP) is 2.91. The van der Waals surface area contributed by atoms with Crippen molar-refractivity contribution in [1.29, 1.82) is 0 Å². The van der Waals surface area contributed by atoms with Gasteiger partial charge >= 0.3 is 0 Å². The number of nitrogens with two attached hydrogens (primary N) is 1. The normalized spacial score (nSPS) is 14.0. The van der Waals surface area contributed by atoms with E-state index in [1.807, 2.05) is 45.0 Å². The van der Waals surface area contributed by atoms with E-state index in [9.17, 15) is 4.79 Å². The number of hydrazine groups is 1. The van der Waals surface area contributed by atoms with E-state index in [0.717, 1.165) is 10.0 Å². The van der Waals surface area contributed by atoms with Gasteiger partial charge in [0.25, 0.3) is 0 Å². The Morgan fingerprint density at radius 1 is 1.45 bits per heavy atom. The quantitative estimate of drug-likeness (QED) is 0.256. The monoisotopic (exact) mass is 366 g/mol. The molecule has 4 nitrogen and oxygen atoms in total. The smallest absolute Gasteiger partial charge is 0.244 e. The Morgan fingerprint density at radius 2 is 2.14 bits per heavy atom. The van der Waals surface area contributed by atoms with Gasteiger partial charge in [-0.1, -0.05) is 34.0 Å². The zero-order valence-corrected chi connectivity index (χ0v) is 14.9. The number of rotatable bonds is 7. The van der Waals surface area contributed by atoms with Gasteiger partial charge in [-0.2, -0.15) is 0 Å². The van der Waals surface area contributed by atoms with Gasteiger partial charge < -0.3 is 4.74 Å². The molecule has 0 bridgehead atoms. The summed E-state index contributed by atoms with van der Waals surface area (Å²) in [6.07, 6.45) is 6.69. The van der Waals surface area contributed by atoms with Crippen molar-refractivity contribution in [3.63, 3.8) is 0 Å². The molecule has 1 unspecified atom stereocenters. The van der Waals surface area contributed by atoms with Gasteiger partial charge in [-0.15, -0.1) is 6.42 Å². The summed E-state index contributed by atoms with van der Waals surface area (Å²) in [7, 11) is 0. The van der Waals surface area contributed by atoms with Crippen LogP contribution in [0.2, 0.25) is 0 Å². The van der Waals surface area contributed by atoms with E-state index in [1.54, 1.807) is 0 Å². The molecule has 0 radical (unpaired) electrons. The van der Waals surface area contributed by atoms with Crippen molar-refractivity contribution in [3.8, 4) is 12.3 Å². The molecule has 0 aliphatic heterocycles. The number of amides is 1. The van der Waals surface area contributed by atoms with Crippen molar-refractivity contribution in [2.45, 2.75) is 44.6 Å². The summed E-state index contributed by atoms with van der Waals surface area (Å²) >= 11 is 3.43. The van der Waals surface area contributed by atoms with Crippen LogP contribution in [0.15, 0.2) is 28.7 Å². The van der Waals surface area contributed by atoms with Crippen molar-refractivity contribution in [2.75, 3.05) is 6.61 Å². The number of hydrogen-bond donors (Lipinski definition) is 2. The first-order chi connectivity index (χ1) is 10.2. The van der Waals surface area contributed by atoms with Crippen molar-refractivity contribution in [2.24, 2.45) is 5.84 Å². The lowest BCUT2D eigenvalue weighted by Crippen LogP contribution is -2.45. The van der Waals surface area contributed by atoms with E-state index in [-0.39, 0.29) is 5.91 Å². The average Bonchev–Trinajstić information content (AvgIpc) is 2.50. The molecule has 1 aromatic carbocycles. The molecule has 0 aromatic heterocycles. The third-order valence-electron chi connectivity index (χ3n) is 3.73. The zero-order valence-electron chi connectivity index (χ0n) is 13.3. The van der Waals surface area contributed by atoms with Crippen molar-refractivity contribution in [1.82, 2.24) is 5.43 Å². The highest BCUT2D eigenvalue weighted by molar-refractivity contribution is 9.10. The van der Waals surface area contributed by atoms with E-state index in [1.165, 1.54) is 0 Å². The highest BCUT2D eigenvalue weighted by Gasteiger charge is 2.34. The van der Waals surface area contributed by atoms with Gasteiger partial charge in [0.2, 0.25) is 5.91 Å². The van der Waals surface area contributed by atoms with Gasteiger partial charge in [-0.25, -0.2) is 5.84 Å². The minimum atomic E-state index is -0.720. The molecule has 22 heavy (non-hydrogen) atoms. The number of halogens is 1. The van der Waals surface area contributed by atoms with Crippen LogP contribution >= 0.6 is 15.9 Å². The number of benzene rings is 1. The lowest BCUT2D eigenvalue weighted by molar-refractivity contribution is -0.126. The van der Waals surface area contributed by atoms with E-state index in [0.29, 0.717) is 19.4 Å². The molecule has 1 rings (SSSR count). The summed E-state index contributed by atoms with van der Waals surface area (Å²) < 4.78 is 6.56. The summed E-state index contributed by atoms with van der Waals surface area (Å²) in [5, 5.41) is 0. The fourth-order valence-electron chi connectivity index (χ4n) is 2.17. The fourth-order valence-corrected chi connectivity index (χ4v) is 2.57. The maximum atomic E-state index is 12.3. The standard InChI is InChI=1S/C17H23BrN2O2/c1-5-16(2,3)22-11-7-10-17(4,15(21)20-19)13-8-6-9-14(18)12-13/h1,6,8-9,12H,7,10-11,19H2,2-4H3,(H,20,21). The SMILES string of the molecule is C#CC(C)(C)OCCCC(C)(C(=O)NN)c1cccc(Br)c1. The minimum Gasteiger partial charge on any atom is -0.363 e. The van der Waals surface area contributed by atoms with Crippen LogP contribution in [0.1, 0.15) is 39.2 Å². The Labute approximate surface area is 140 Å². The third-order valence-corrected chi connectivity index (χ3v) is 4.22. The van der Waals surface area contributed by atoms with Gasteiger partial charge in [-0.05, 0) is 51.3 Å². The molecule has 0 spiro atoms. The van der Waals surface area contributed by atoms with E-state index in [2.05, 4.69) is 27.3 Å². The highest BCUT2D eigenvalue weighted by Crippen LogP contribution is 2.31. The second-order valence-electron chi connectivity index (χ2n) is 5.92. The Hall–Kier alpha value is -1.35. The van der Waals surface area contributed by atoms with Crippen LogP contribution in [0.4, 0.5) is 0 Å². The van der Waals surface area contributed by atoms with Crippen LogP contribution in [-0.4, -0.2) is 18.1 Å². The van der Waals surface area contributed by atoms with Crippen LogP contribution in [0, 0.1) is 12.3 Å². The molecule has 1 aromatic rings. The molecular formula is C17H23BrN2O2. The Balaban J connectivity index is 2.82. The molecule has 0 heterocycles. The molecule has 3 N–H and O–H groups in total. The molecular weight excluding hydrogens is 344 g/mol. The lowest BCUT2D eigenvalue weighted by Gasteiger charge is -2.29. The molecule has 5 heteroatoms. The van der Waals surface area contributed by atoms with Crippen molar-refractivity contribution >= 4 is 21.8 Å². The second kappa shape index (κ2) is 7.77. The summed E-state index contributed by atoms with van der Waals surface area (Å²) in [5.74, 6) is 7.72. The molecule has 120 valence electrons. The van der Waals surface area contributed by atoms with E-state index in [4.69, 9.17) is 17.0 Å². The van der Waals surface area contributed by atoms with Crippen LogP contribution in [0.25, 0.3) is 0 Å². The van der Waals surface area contributed by atoms with Gasteiger partial charge in [0.05, 0.1) is 5.41 Å². The molecule has 1 atom stereocenters. The number of terminal acetylenes is 1. The maximum absolute atomic E-state index is 12.3. The van der Waals surface area contributed by atoms with Gasteiger partial charge in [-0.3, -0.25) is 10.2 Å². The number of nitrogens with one attached hydrogen (secondary N) is 1. The average molecular weight is 367 g/mol. The first-order valence-electron chi connectivity index (χ1n) is 7.14. The van der Waals surface area contributed by atoms with Crippen molar-refractivity contribution < 1.29 is 9.53 Å². The summed E-state index contributed by atoms with van der Waals surface area (Å²) in [4.78, 5) is 12.3. The van der Waals surface area contributed by atoms with Gasteiger partial charge in [0, 0.05) is 11.1 Å². The lowest BCUT2D eigenvalue weighted by atomic mass is 9.78. The third kappa shape index (κ3) is 4.84. The van der Waals surface area contributed by atoms with E-state index < -0.39 is 11.0 Å². The maximum Gasteiger partial charge on any atom is 0.244 e. The molecule has 0 aliphatic carbocycles. The first-order valence-corrected chi connectivity index (χ1v) is 7.93. The van der Waals surface area contributed by atoms with E-state index >= 15 is 0 Å². The Bertz CT molecular complexity index is 566. The topological polar surface area (TPSA) is 64.3 Å². The molecule has 0 saturated heterocycles. The number of carbonyl (C=O) groups is 1. The fraction of sp³-hybridized carbons (Fsp3) is 0.471. The Kier molecular flexibility index (Phi) is 6.61. The number of ether oxygens (including phenoxy) is 1. The summed E-state index contributed by atoms with van der Waals surface area (Å²) in [5.41, 5.74) is 1.85. The van der Waals surface area contributed by atoms with Crippen LogP contribution in [-0.2, 0) is 14.9 Å². The summed E-state index contributed by atoms with van der Waals surface area (Å²) in [6.45, 7) is 6.04. The van der Waals surface area contributed by atoms with Crippen molar-refractivity contribution in [3.05, 3.63) is 34.3 Å². The largest absolute Gasteiger partial charge is 0.363 e.